The predicted molar refractivity (Wildman–Crippen MR) is 99.2 cm³/mol. The smallest absolute Gasteiger partial charge is 0.252 e. The standard InChI is InChI=1S/C19H26ClN3O3/c1-11(12-2-3-12)17(24)19(26)23-7-6-16(23)18(25)22-10-14-8-15(20)5-4-13(14)9-21/h4-5,8,11-12,16-17,24H,2-3,6-7,9-10,21H2,1H3,(H,22,25)/t11?,16-,17+/m0/s1. The van der Waals surface area contributed by atoms with Gasteiger partial charge in [-0.05, 0) is 54.4 Å². The molecule has 1 aliphatic heterocycles. The molecule has 1 aromatic carbocycles. The molecule has 1 saturated heterocycles. The van der Waals surface area contributed by atoms with Crippen LogP contribution in [0.2, 0.25) is 5.02 Å². The van der Waals surface area contributed by atoms with Gasteiger partial charge < -0.3 is 21.1 Å². The second-order valence-electron chi connectivity index (χ2n) is 7.31. The van der Waals surface area contributed by atoms with Crippen LogP contribution >= 0.6 is 11.6 Å². The normalized spacial score (nSPS) is 21.7. The monoisotopic (exact) mass is 379 g/mol. The number of amides is 2. The lowest BCUT2D eigenvalue weighted by atomic mass is 9.94. The highest BCUT2D eigenvalue weighted by molar-refractivity contribution is 6.30. The summed E-state index contributed by atoms with van der Waals surface area (Å²) in [7, 11) is 0. The van der Waals surface area contributed by atoms with Gasteiger partial charge in [-0.1, -0.05) is 24.6 Å². The topological polar surface area (TPSA) is 95.7 Å². The molecule has 0 bridgehead atoms. The summed E-state index contributed by atoms with van der Waals surface area (Å²) in [5.41, 5.74) is 7.51. The van der Waals surface area contributed by atoms with Crippen molar-refractivity contribution in [2.75, 3.05) is 6.54 Å². The number of hydrogen-bond acceptors (Lipinski definition) is 4. The van der Waals surface area contributed by atoms with Crippen LogP contribution in [0.25, 0.3) is 0 Å². The Balaban J connectivity index is 1.56. The average Bonchev–Trinajstić information content (AvgIpc) is 3.42. The molecule has 2 fully saturated rings. The number of nitrogens with two attached hydrogens (primary N) is 1. The van der Waals surface area contributed by atoms with Crippen LogP contribution in [0.1, 0.15) is 37.3 Å². The summed E-state index contributed by atoms with van der Waals surface area (Å²) in [6, 6.07) is 4.89. The third kappa shape index (κ3) is 4.03. The van der Waals surface area contributed by atoms with Crippen molar-refractivity contribution in [2.24, 2.45) is 17.6 Å². The molecule has 3 rings (SSSR count). The molecule has 7 heteroatoms. The summed E-state index contributed by atoms with van der Waals surface area (Å²) in [5, 5.41) is 13.7. The van der Waals surface area contributed by atoms with Gasteiger partial charge in [-0.2, -0.15) is 0 Å². The number of halogens is 1. The lowest BCUT2D eigenvalue weighted by molar-refractivity contribution is -0.156. The number of hydrogen-bond donors (Lipinski definition) is 3. The maximum atomic E-state index is 12.5. The molecule has 0 aromatic heterocycles. The molecule has 1 unspecified atom stereocenters. The lowest BCUT2D eigenvalue weighted by Gasteiger charge is -2.41. The molecule has 1 saturated carbocycles. The van der Waals surface area contributed by atoms with Crippen LogP contribution in [-0.2, 0) is 22.7 Å². The number of nitrogens with zero attached hydrogens (tertiary/aromatic N) is 1. The second kappa shape index (κ2) is 7.94. The van der Waals surface area contributed by atoms with E-state index in [4.69, 9.17) is 17.3 Å². The van der Waals surface area contributed by atoms with E-state index in [1.807, 2.05) is 13.0 Å². The van der Waals surface area contributed by atoms with Gasteiger partial charge in [-0.15, -0.1) is 0 Å². The molecule has 2 aliphatic rings. The minimum absolute atomic E-state index is 0.0506. The van der Waals surface area contributed by atoms with Crippen molar-refractivity contribution in [2.45, 2.75) is 51.4 Å². The molecule has 142 valence electrons. The molecule has 0 radical (unpaired) electrons. The Morgan fingerprint density at radius 2 is 2.08 bits per heavy atom. The SMILES string of the molecule is CC(C1CC1)[C@@H](O)C(=O)N1CC[C@H]1C(=O)NCc1cc(Cl)ccc1CN. The summed E-state index contributed by atoms with van der Waals surface area (Å²) in [5.74, 6) is -0.162. The largest absolute Gasteiger partial charge is 0.383 e. The fraction of sp³-hybridized carbons (Fsp3) is 0.579. The molecule has 26 heavy (non-hydrogen) atoms. The highest BCUT2D eigenvalue weighted by Crippen LogP contribution is 2.39. The maximum Gasteiger partial charge on any atom is 0.252 e. The minimum atomic E-state index is -1.02. The van der Waals surface area contributed by atoms with Gasteiger partial charge in [0.05, 0.1) is 0 Å². The van der Waals surface area contributed by atoms with E-state index in [1.165, 1.54) is 4.90 Å². The first kappa shape index (κ1) is 19.1. The van der Waals surface area contributed by atoms with Crippen LogP contribution in [0.5, 0.6) is 0 Å². The van der Waals surface area contributed by atoms with Crippen molar-refractivity contribution in [3.63, 3.8) is 0 Å². The van der Waals surface area contributed by atoms with E-state index >= 15 is 0 Å². The van der Waals surface area contributed by atoms with Gasteiger partial charge in [0.15, 0.2) is 0 Å². The van der Waals surface area contributed by atoms with E-state index in [0.717, 1.165) is 24.0 Å². The Morgan fingerprint density at radius 3 is 2.65 bits per heavy atom. The van der Waals surface area contributed by atoms with E-state index in [1.54, 1.807) is 12.1 Å². The molecule has 6 nitrogen and oxygen atoms in total. The van der Waals surface area contributed by atoms with Crippen molar-refractivity contribution < 1.29 is 14.7 Å². The zero-order chi connectivity index (χ0) is 18.8. The summed E-state index contributed by atoms with van der Waals surface area (Å²) in [6.45, 7) is 3.09. The highest BCUT2D eigenvalue weighted by Gasteiger charge is 2.43. The van der Waals surface area contributed by atoms with E-state index in [0.29, 0.717) is 37.0 Å². The van der Waals surface area contributed by atoms with E-state index in [2.05, 4.69) is 5.32 Å². The number of nitrogens with one attached hydrogen (secondary N) is 1. The Bertz CT molecular complexity index is 693. The molecule has 1 aliphatic carbocycles. The Labute approximate surface area is 158 Å². The van der Waals surface area contributed by atoms with E-state index in [-0.39, 0.29) is 17.7 Å². The fourth-order valence-corrected chi connectivity index (χ4v) is 3.65. The third-order valence-corrected chi connectivity index (χ3v) is 5.80. The molecule has 0 spiro atoms. The van der Waals surface area contributed by atoms with Gasteiger partial charge in [0.25, 0.3) is 5.91 Å². The third-order valence-electron chi connectivity index (χ3n) is 5.56. The van der Waals surface area contributed by atoms with Crippen LogP contribution in [0, 0.1) is 11.8 Å². The first-order valence-corrected chi connectivity index (χ1v) is 9.53. The lowest BCUT2D eigenvalue weighted by Crippen LogP contribution is -2.61. The first-order chi connectivity index (χ1) is 12.4. The molecule has 2 amide bonds. The maximum absolute atomic E-state index is 12.5. The van der Waals surface area contributed by atoms with Gasteiger partial charge in [-0.3, -0.25) is 9.59 Å². The van der Waals surface area contributed by atoms with Crippen LogP contribution in [-0.4, -0.2) is 40.5 Å². The second-order valence-corrected chi connectivity index (χ2v) is 7.75. The Morgan fingerprint density at radius 1 is 1.35 bits per heavy atom. The van der Waals surface area contributed by atoms with Crippen LogP contribution in [0.3, 0.4) is 0 Å². The van der Waals surface area contributed by atoms with Gasteiger partial charge in [0.1, 0.15) is 12.1 Å². The van der Waals surface area contributed by atoms with Gasteiger partial charge in [-0.25, -0.2) is 0 Å². The molecular formula is C19H26ClN3O3. The zero-order valence-electron chi connectivity index (χ0n) is 15.0. The van der Waals surface area contributed by atoms with E-state index in [9.17, 15) is 14.7 Å². The van der Waals surface area contributed by atoms with Crippen molar-refractivity contribution in [1.29, 1.82) is 0 Å². The molecule has 4 N–H and O–H groups in total. The van der Waals surface area contributed by atoms with Gasteiger partial charge >= 0.3 is 0 Å². The Hall–Kier alpha value is -1.63. The minimum Gasteiger partial charge on any atom is -0.383 e. The van der Waals surface area contributed by atoms with Crippen molar-refractivity contribution >= 4 is 23.4 Å². The van der Waals surface area contributed by atoms with Gasteiger partial charge in [0.2, 0.25) is 5.91 Å². The average molecular weight is 380 g/mol. The quantitative estimate of drug-likeness (QED) is 0.667. The highest BCUT2D eigenvalue weighted by atomic mass is 35.5. The number of carbonyl (C=O) groups is 2. The number of likely N-dealkylation sites (tertiary alicyclic amines) is 1. The number of benzene rings is 1. The summed E-state index contributed by atoms with van der Waals surface area (Å²) >= 11 is 6.02. The summed E-state index contributed by atoms with van der Waals surface area (Å²) in [4.78, 5) is 26.5. The molecule has 3 atom stereocenters. The van der Waals surface area contributed by atoms with Gasteiger partial charge in [0, 0.05) is 24.7 Å². The van der Waals surface area contributed by atoms with E-state index < -0.39 is 12.1 Å². The van der Waals surface area contributed by atoms with Crippen molar-refractivity contribution in [3.05, 3.63) is 34.3 Å². The number of aliphatic hydroxyl groups is 1. The van der Waals surface area contributed by atoms with Crippen LogP contribution < -0.4 is 11.1 Å². The first-order valence-electron chi connectivity index (χ1n) is 9.16. The summed E-state index contributed by atoms with van der Waals surface area (Å²) in [6.07, 6.45) is 1.73. The van der Waals surface area contributed by atoms with Crippen molar-refractivity contribution in [1.82, 2.24) is 10.2 Å². The van der Waals surface area contributed by atoms with Crippen LogP contribution in [0.15, 0.2) is 18.2 Å². The fourth-order valence-electron chi connectivity index (χ4n) is 3.46. The number of aliphatic hydroxyl groups excluding tert-OH is 1. The summed E-state index contributed by atoms with van der Waals surface area (Å²) < 4.78 is 0. The molecular weight excluding hydrogens is 354 g/mol. The van der Waals surface area contributed by atoms with Crippen LogP contribution in [0.4, 0.5) is 0 Å². The number of rotatable bonds is 7. The zero-order valence-corrected chi connectivity index (χ0v) is 15.7. The van der Waals surface area contributed by atoms with Crippen molar-refractivity contribution in [3.8, 4) is 0 Å². The number of carbonyl (C=O) groups excluding carboxylic acids is 2. The Kier molecular flexibility index (Phi) is 5.85. The molecule has 1 heterocycles. The molecule has 1 aromatic rings. The predicted octanol–water partition coefficient (Wildman–Crippen LogP) is 1.42.